The van der Waals surface area contributed by atoms with Crippen molar-refractivity contribution in [1.29, 1.82) is 0 Å². The van der Waals surface area contributed by atoms with E-state index in [9.17, 15) is 0 Å². The molecule has 3 atom stereocenters. The van der Waals surface area contributed by atoms with Crippen LogP contribution in [0.25, 0.3) is 0 Å². The second-order valence-electron chi connectivity index (χ2n) is 5.90. The largest absolute Gasteiger partial charge is 0.310 e. The van der Waals surface area contributed by atoms with Gasteiger partial charge in [-0.3, -0.25) is 4.68 Å². The van der Waals surface area contributed by atoms with Crippen LogP contribution in [0.3, 0.4) is 0 Å². The molecule has 0 spiro atoms. The zero-order valence-electron chi connectivity index (χ0n) is 12.0. The number of nitrogens with zero attached hydrogens (tertiary/aromatic N) is 2. The van der Waals surface area contributed by atoms with Crippen LogP contribution in [0.15, 0.2) is 12.4 Å². The third kappa shape index (κ3) is 3.58. The highest BCUT2D eigenvalue weighted by atomic mass is 15.3. The van der Waals surface area contributed by atoms with Crippen LogP contribution in [-0.2, 0) is 6.54 Å². The maximum absolute atomic E-state index is 4.34. The highest BCUT2D eigenvalue weighted by molar-refractivity contribution is 5.09. The predicted molar refractivity (Wildman–Crippen MR) is 75.4 cm³/mol. The second kappa shape index (κ2) is 6.37. The number of hydrogen-bond donors (Lipinski definition) is 1. The van der Waals surface area contributed by atoms with Gasteiger partial charge in [-0.15, -0.1) is 0 Å². The fraction of sp³-hybridized carbons (Fsp3) is 0.800. The lowest BCUT2D eigenvalue weighted by Crippen LogP contribution is -2.28. The van der Waals surface area contributed by atoms with Gasteiger partial charge in [0, 0.05) is 24.3 Å². The van der Waals surface area contributed by atoms with Crippen molar-refractivity contribution in [3.63, 3.8) is 0 Å². The third-order valence-corrected chi connectivity index (χ3v) is 4.23. The molecule has 0 amide bonds. The fourth-order valence-corrected chi connectivity index (χ4v) is 2.98. The monoisotopic (exact) mass is 249 g/mol. The molecule has 1 heterocycles. The van der Waals surface area contributed by atoms with Crippen molar-refractivity contribution in [2.45, 2.75) is 59.0 Å². The Bertz CT molecular complexity index is 358. The molecule has 0 saturated heterocycles. The molecular weight excluding hydrogens is 222 g/mol. The van der Waals surface area contributed by atoms with E-state index in [2.05, 4.69) is 37.4 Å². The van der Waals surface area contributed by atoms with Crippen molar-refractivity contribution in [3.8, 4) is 0 Å². The van der Waals surface area contributed by atoms with Crippen molar-refractivity contribution in [1.82, 2.24) is 15.1 Å². The molecule has 102 valence electrons. The van der Waals surface area contributed by atoms with Crippen molar-refractivity contribution in [2.75, 3.05) is 6.54 Å². The lowest BCUT2D eigenvalue weighted by molar-refractivity contribution is 0.268. The molecular formula is C15H27N3. The van der Waals surface area contributed by atoms with E-state index in [-0.39, 0.29) is 0 Å². The quantitative estimate of drug-likeness (QED) is 0.867. The van der Waals surface area contributed by atoms with Crippen LogP contribution in [0.4, 0.5) is 0 Å². The Kier molecular flexibility index (Phi) is 4.81. The molecule has 1 fully saturated rings. The molecule has 3 unspecified atom stereocenters. The summed E-state index contributed by atoms with van der Waals surface area (Å²) in [6.45, 7) is 8.86. The summed E-state index contributed by atoms with van der Waals surface area (Å²) in [5.74, 6) is 1.79. The van der Waals surface area contributed by atoms with Gasteiger partial charge in [0.15, 0.2) is 0 Å². The van der Waals surface area contributed by atoms with E-state index in [1.54, 1.807) is 0 Å². The molecule has 1 saturated carbocycles. The Hall–Kier alpha value is -0.830. The first-order valence-electron chi connectivity index (χ1n) is 7.44. The number of aromatic nitrogens is 2. The van der Waals surface area contributed by atoms with Crippen LogP contribution in [0.2, 0.25) is 0 Å². The lowest BCUT2D eigenvalue weighted by Gasteiger charge is -2.28. The lowest BCUT2D eigenvalue weighted by atomic mass is 9.82. The Morgan fingerprint density at radius 2 is 2.33 bits per heavy atom. The van der Waals surface area contributed by atoms with Crippen molar-refractivity contribution < 1.29 is 0 Å². The molecule has 0 bridgehead atoms. The number of hydrogen-bond acceptors (Lipinski definition) is 2. The Morgan fingerprint density at radius 1 is 1.50 bits per heavy atom. The van der Waals surface area contributed by atoms with E-state index in [0.717, 1.165) is 24.9 Å². The topological polar surface area (TPSA) is 29.9 Å². The first-order valence-corrected chi connectivity index (χ1v) is 7.44. The summed E-state index contributed by atoms with van der Waals surface area (Å²) in [7, 11) is 0. The molecule has 18 heavy (non-hydrogen) atoms. The number of aryl methyl sites for hydroxylation is 1. The van der Waals surface area contributed by atoms with Crippen LogP contribution in [0.5, 0.6) is 0 Å². The smallest absolute Gasteiger partial charge is 0.0537 e. The van der Waals surface area contributed by atoms with E-state index in [0.29, 0.717) is 6.04 Å². The predicted octanol–water partition coefficient (Wildman–Crippen LogP) is 3.38. The minimum atomic E-state index is 0.419. The van der Waals surface area contributed by atoms with Crippen LogP contribution in [0.1, 0.15) is 58.1 Å². The van der Waals surface area contributed by atoms with E-state index in [4.69, 9.17) is 0 Å². The van der Waals surface area contributed by atoms with Crippen molar-refractivity contribution >= 4 is 0 Å². The summed E-state index contributed by atoms with van der Waals surface area (Å²) in [5.41, 5.74) is 1.31. The van der Waals surface area contributed by atoms with Crippen LogP contribution in [0, 0.1) is 11.8 Å². The first kappa shape index (κ1) is 13.6. The van der Waals surface area contributed by atoms with Crippen LogP contribution in [-0.4, -0.2) is 16.3 Å². The molecule has 0 radical (unpaired) electrons. The maximum atomic E-state index is 4.34. The zero-order valence-corrected chi connectivity index (χ0v) is 12.0. The molecule has 2 rings (SSSR count). The van der Waals surface area contributed by atoms with Gasteiger partial charge < -0.3 is 5.32 Å². The molecule has 1 aromatic heterocycles. The standard InChI is InChI=1S/C15H27N3/c1-4-18-11-15(10-17-18)13(3)16-9-14-7-5-6-12(2)8-14/h10-14,16H,4-9H2,1-3H3. The molecule has 1 aromatic rings. The van der Waals surface area contributed by atoms with Gasteiger partial charge in [0.05, 0.1) is 6.20 Å². The van der Waals surface area contributed by atoms with Crippen molar-refractivity contribution in [2.24, 2.45) is 11.8 Å². The summed E-state index contributed by atoms with van der Waals surface area (Å²) in [6.07, 6.45) is 9.78. The summed E-state index contributed by atoms with van der Waals surface area (Å²) in [6, 6.07) is 0.419. The average Bonchev–Trinajstić information content (AvgIpc) is 2.85. The fourth-order valence-electron chi connectivity index (χ4n) is 2.98. The van der Waals surface area contributed by atoms with Gasteiger partial charge in [0.1, 0.15) is 0 Å². The second-order valence-corrected chi connectivity index (χ2v) is 5.90. The first-order chi connectivity index (χ1) is 8.69. The van der Waals surface area contributed by atoms with Crippen molar-refractivity contribution in [3.05, 3.63) is 18.0 Å². The summed E-state index contributed by atoms with van der Waals surface area (Å²) in [5, 5.41) is 8.01. The van der Waals surface area contributed by atoms with Crippen LogP contribution >= 0.6 is 0 Å². The molecule has 1 N–H and O–H groups in total. The average molecular weight is 249 g/mol. The van der Waals surface area contributed by atoms with Gasteiger partial charge in [0.25, 0.3) is 0 Å². The molecule has 1 aliphatic carbocycles. The van der Waals surface area contributed by atoms with Gasteiger partial charge in [-0.25, -0.2) is 0 Å². The maximum Gasteiger partial charge on any atom is 0.0537 e. The Morgan fingerprint density at radius 3 is 3.00 bits per heavy atom. The molecule has 3 nitrogen and oxygen atoms in total. The SMILES string of the molecule is CCn1cc(C(C)NCC2CCCC(C)C2)cn1. The molecule has 0 aromatic carbocycles. The van der Waals surface area contributed by atoms with E-state index < -0.39 is 0 Å². The molecule has 1 aliphatic rings. The summed E-state index contributed by atoms with van der Waals surface area (Å²) < 4.78 is 2.00. The highest BCUT2D eigenvalue weighted by Crippen LogP contribution is 2.28. The summed E-state index contributed by atoms with van der Waals surface area (Å²) >= 11 is 0. The molecule has 0 aliphatic heterocycles. The number of rotatable bonds is 5. The van der Waals surface area contributed by atoms with Gasteiger partial charge >= 0.3 is 0 Å². The number of nitrogens with one attached hydrogen (secondary N) is 1. The highest BCUT2D eigenvalue weighted by Gasteiger charge is 2.19. The Labute approximate surface area is 111 Å². The van der Waals surface area contributed by atoms with E-state index >= 15 is 0 Å². The van der Waals surface area contributed by atoms with Gasteiger partial charge in [-0.2, -0.15) is 5.10 Å². The zero-order chi connectivity index (χ0) is 13.0. The van der Waals surface area contributed by atoms with E-state index in [1.165, 1.54) is 31.2 Å². The van der Waals surface area contributed by atoms with E-state index in [1.807, 2.05) is 10.9 Å². The third-order valence-electron chi connectivity index (χ3n) is 4.23. The normalized spacial score (nSPS) is 26.2. The van der Waals surface area contributed by atoms with Gasteiger partial charge in [-0.05, 0) is 45.1 Å². The minimum Gasteiger partial charge on any atom is -0.310 e. The summed E-state index contributed by atoms with van der Waals surface area (Å²) in [4.78, 5) is 0. The molecule has 3 heteroatoms. The van der Waals surface area contributed by atoms with Crippen LogP contribution < -0.4 is 5.32 Å². The Balaban J connectivity index is 1.78. The minimum absolute atomic E-state index is 0.419. The van der Waals surface area contributed by atoms with Gasteiger partial charge in [0.2, 0.25) is 0 Å². The van der Waals surface area contributed by atoms with Gasteiger partial charge in [-0.1, -0.05) is 19.8 Å².